The predicted molar refractivity (Wildman–Crippen MR) is 71.7 cm³/mol. The van der Waals surface area contributed by atoms with Crippen LogP contribution in [0.25, 0.3) is 0 Å². The van der Waals surface area contributed by atoms with E-state index in [9.17, 15) is 13.2 Å². The van der Waals surface area contributed by atoms with Crippen molar-refractivity contribution in [2.75, 3.05) is 51.4 Å². The molecule has 0 aromatic heterocycles. The summed E-state index contributed by atoms with van der Waals surface area (Å²) in [5, 5.41) is 0. The Hall–Kier alpha value is -0.660. The van der Waals surface area contributed by atoms with E-state index in [1.807, 2.05) is 0 Å². The van der Waals surface area contributed by atoms with Crippen molar-refractivity contribution in [2.24, 2.45) is 0 Å². The number of hydrogen-bond donors (Lipinski definition) is 0. The molecule has 19 heavy (non-hydrogen) atoms. The zero-order valence-corrected chi connectivity index (χ0v) is 12.2. The highest BCUT2D eigenvalue weighted by Gasteiger charge is 2.32. The topological polar surface area (TPSA) is 66.9 Å². The number of ether oxygens (including phenoxy) is 1. The lowest BCUT2D eigenvalue weighted by Gasteiger charge is -2.28. The second-order valence-electron chi connectivity index (χ2n) is 5.27. The number of sulfone groups is 1. The molecule has 0 N–H and O–H groups in total. The molecule has 0 aromatic rings. The average Bonchev–Trinajstić information content (AvgIpc) is 2.76. The van der Waals surface area contributed by atoms with Gasteiger partial charge in [0.05, 0.1) is 24.7 Å². The van der Waals surface area contributed by atoms with E-state index >= 15 is 0 Å². The summed E-state index contributed by atoms with van der Waals surface area (Å²) >= 11 is 0. The summed E-state index contributed by atoms with van der Waals surface area (Å²) in [5.41, 5.74) is 0. The largest absolute Gasteiger partial charge is 0.379 e. The summed E-state index contributed by atoms with van der Waals surface area (Å²) in [4.78, 5) is 15.9. The van der Waals surface area contributed by atoms with E-state index in [0.29, 0.717) is 12.8 Å². The van der Waals surface area contributed by atoms with Crippen LogP contribution < -0.4 is 0 Å². The van der Waals surface area contributed by atoms with Crippen molar-refractivity contribution in [3.63, 3.8) is 0 Å². The third-order valence-corrected chi connectivity index (χ3v) is 5.65. The smallest absolute Gasteiger partial charge is 0.223 e. The Morgan fingerprint density at radius 1 is 1.37 bits per heavy atom. The van der Waals surface area contributed by atoms with E-state index in [4.69, 9.17) is 4.74 Å². The first-order valence-corrected chi connectivity index (χ1v) is 8.56. The van der Waals surface area contributed by atoms with Crippen molar-refractivity contribution in [2.45, 2.75) is 18.9 Å². The number of rotatable bonds is 4. The van der Waals surface area contributed by atoms with Gasteiger partial charge in [-0.05, 0) is 6.42 Å². The molecule has 2 aliphatic heterocycles. The normalized spacial score (nSPS) is 27.3. The summed E-state index contributed by atoms with van der Waals surface area (Å²) in [6.07, 6.45) is 1.02. The van der Waals surface area contributed by atoms with Gasteiger partial charge in [0.2, 0.25) is 5.91 Å². The SMILES string of the molecule is CN(C(=O)CCN1CCOCC1)C1CCS(=O)(=O)C1. The molecule has 2 aliphatic rings. The highest BCUT2D eigenvalue weighted by molar-refractivity contribution is 7.91. The minimum absolute atomic E-state index is 0.0357. The van der Waals surface area contributed by atoms with Crippen LogP contribution in [0.2, 0.25) is 0 Å². The molecular formula is C12H22N2O4S. The summed E-state index contributed by atoms with van der Waals surface area (Å²) in [5.74, 6) is 0.361. The highest BCUT2D eigenvalue weighted by atomic mass is 32.2. The summed E-state index contributed by atoms with van der Waals surface area (Å²) in [7, 11) is -1.21. The number of carbonyl (C=O) groups excluding carboxylic acids is 1. The summed E-state index contributed by atoms with van der Waals surface area (Å²) in [6, 6.07) is -0.137. The molecule has 0 spiro atoms. The van der Waals surface area contributed by atoms with E-state index in [-0.39, 0.29) is 23.5 Å². The average molecular weight is 290 g/mol. The van der Waals surface area contributed by atoms with Gasteiger partial charge >= 0.3 is 0 Å². The Morgan fingerprint density at radius 3 is 2.63 bits per heavy atom. The van der Waals surface area contributed by atoms with Gasteiger partial charge < -0.3 is 9.64 Å². The maximum atomic E-state index is 12.1. The molecule has 0 aliphatic carbocycles. The number of morpholine rings is 1. The minimum Gasteiger partial charge on any atom is -0.379 e. The van der Waals surface area contributed by atoms with Crippen LogP contribution in [-0.2, 0) is 19.4 Å². The van der Waals surface area contributed by atoms with Crippen LogP contribution in [0.3, 0.4) is 0 Å². The van der Waals surface area contributed by atoms with Crippen LogP contribution in [-0.4, -0.2) is 81.6 Å². The number of hydrogen-bond acceptors (Lipinski definition) is 5. The summed E-state index contributed by atoms with van der Waals surface area (Å²) in [6.45, 7) is 3.92. The molecule has 1 unspecified atom stereocenters. The van der Waals surface area contributed by atoms with Crippen molar-refractivity contribution >= 4 is 15.7 Å². The van der Waals surface area contributed by atoms with Gasteiger partial charge in [0.15, 0.2) is 9.84 Å². The molecule has 1 atom stereocenters. The van der Waals surface area contributed by atoms with Crippen molar-refractivity contribution in [3.05, 3.63) is 0 Å². The maximum absolute atomic E-state index is 12.1. The van der Waals surface area contributed by atoms with Crippen LogP contribution in [0.4, 0.5) is 0 Å². The second kappa shape index (κ2) is 6.19. The fourth-order valence-electron chi connectivity index (χ4n) is 2.54. The third kappa shape index (κ3) is 4.15. The predicted octanol–water partition coefficient (Wildman–Crippen LogP) is -0.646. The first kappa shape index (κ1) is 14.7. The molecule has 110 valence electrons. The van der Waals surface area contributed by atoms with E-state index in [1.165, 1.54) is 0 Å². The van der Waals surface area contributed by atoms with Gasteiger partial charge in [-0.1, -0.05) is 0 Å². The Bertz CT molecular complexity index is 417. The van der Waals surface area contributed by atoms with E-state index < -0.39 is 9.84 Å². The molecule has 1 amide bonds. The number of carbonyl (C=O) groups is 1. The van der Waals surface area contributed by atoms with Gasteiger partial charge in [0, 0.05) is 39.1 Å². The maximum Gasteiger partial charge on any atom is 0.223 e. The minimum atomic E-state index is -2.93. The zero-order chi connectivity index (χ0) is 13.9. The van der Waals surface area contributed by atoms with Gasteiger partial charge in [-0.2, -0.15) is 0 Å². The highest BCUT2D eigenvalue weighted by Crippen LogP contribution is 2.17. The Morgan fingerprint density at radius 2 is 2.05 bits per heavy atom. The van der Waals surface area contributed by atoms with Crippen molar-refractivity contribution in [1.29, 1.82) is 0 Å². The molecule has 2 fully saturated rings. The lowest BCUT2D eigenvalue weighted by molar-refractivity contribution is -0.132. The molecule has 2 saturated heterocycles. The standard InChI is InChI=1S/C12H22N2O4S/c1-13(11-3-9-19(16,17)10-11)12(15)2-4-14-5-7-18-8-6-14/h11H,2-10H2,1H3. The number of amides is 1. The van der Waals surface area contributed by atoms with Crippen LogP contribution >= 0.6 is 0 Å². The monoisotopic (exact) mass is 290 g/mol. The van der Waals surface area contributed by atoms with E-state index in [1.54, 1.807) is 11.9 Å². The fraction of sp³-hybridized carbons (Fsp3) is 0.917. The molecule has 7 heteroatoms. The second-order valence-corrected chi connectivity index (χ2v) is 7.49. The van der Waals surface area contributed by atoms with Crippen molar-refractivity contribution in [3.8, 4) is 0 Å². The zero-order valence-electron chi connectivity index (χ0n) is 11.4. The van der Waals surface area contributed by atoms with E-state index in [2.05, 4.69) is 4.90 Å². The fourth-order valence-corrected chi connectivity index (χ4v) is 4.31. The van der Waals surface area contributed by atoms with E-state index in [0.717, 1.165) is 32.8 Å². The van der Waals surface area contributed by atoms with Gasteiger partial charge in [-0.15, -0.1) is 0 Å². The Balaban J connectivity index is 1.76. The van der Waals surface area contributed by atoms with Crippen LogP contribution in [0, 0.1) is 0 Å². The Labute approximate surface area is 114 Å². The van der Waals surface area contributed by atoms with Crippen LogP contribution in [0.15, 0.2) is 0 Å². The van der Waals surface area contributed by atoms with Crippen molar-refractivity contribution in [1.82, 2.24) is 9.80 Å². The van der Waals surface area contributed by atoms with Gasteiger partial charge in [0.1, 0.15) is 0 Å². The molecule has 6 nitrogen and oxygen atoms in total. The Kier molecular flexibility index (Phi) is 4.81. The lowest BCUT2D eigenvalue weighted by Crippen LogP contribution is -2.41. The van der Waals surface area contributed by atoms with Crippen molar-refractivity contribution < 1.29 is 17.9 Å². The van der Waals surface area contributed by atoms with Crippen LogP contribution in [0.5, 0.6) is 0 Å². The van der Waals surface area contributed by atoms with Gasteiger partial charge in [-0.25, -0.2) is 8.42 Å². The molecule has 2 heterocycles. The molecule has 0 aromatic carbocycles. The molecule has 0 saturated carbocycles. The van der Waals surface area contributed by atoms with Crippen LogP contribution in [0.1, 0.15) is 12.8 Å². The molecular weight excluding hydrogens is 268 g/mol. The van der Waals surface area contributed by atoms with Gasteiger partial charge in [0.25, 0.3) is 0 Å². The molecule has 0 bridgehead atoms. The summed E-state index contributed by atoms with van der Waals surface area (Å²) < 4.78 is 28.1. The third-order valence-electron chi connectivity index (χ3n) is 3.90. The number of nitrogens with zero attached hydrogens (tertiary/aromatic N) is 2. The molecule has 0 radical (unpaired) electrons. The quantitative estimate of drug-likeness (QED) is 0.688. The first-order valence-electron chi connectivity index (χ1n) is 6.74. The molecule has 2 rings (SSSR count). The lowest BCUT2D eigenvalue weighted by atomic mass is 10.2. The van der Waals surface area contributed by atoms with Gasteiger partial charge in [-0.3, -0.25) is 9.69 Å². The first-order chi connectivity index (χ1) is 8.98.